The molecule has 1 rings (SSSR count). The van der Waals surface area contributed by atoms with Crippen molar-refractivity contribution in [2.24, 2.45) is 0 Å². The number of likely N-dealkylation sites (N-methyl/N-ethyl adjacent to an activating group) is 1. The van der Waals surface area contributed by atoms with E-state index >= 15 is 0 Å². The fourth-order valence-electron chi connectivity index (χ4n) is 1.20. The highest BCUT2D eigenvalue weighted by atomic mass is 32.2. The minimum Gasteiger partial charge on any atom is -0.303 e. The molecule has 17 heavy (non-hydrogen) atoms. The van der Waals surface area contributed by atoms with Crippen LogP contribution in [0.2, 0.25) is 0 Å². The van der Waals surface area contributed by atoms with E-state index in [0.717, 1.165) is 0 Å². The second kappa shape index (κ2) is 6.09. The minimum atomic E-state index is -3.42. The maximum Gasteiger partial charge on any atom is 0.242 e. The Hall–Kier alpha value is -0.980. The molecule has 0 bridgehead atoms. The van der Waals surface area contributed by atoms with Crippen LogP contribution in [0.4, 0.5) is 0 Å². The van der Waals surface area contributed by atoms with E-state index in [1.54, 1.807) is 12.3 Å². The first-order valence-corrected chi connectivity index (χ1v) is 7.02. The SMILES string of the molecule is CC(C)N(C)CCNS(=O)(=O)c1cccnc1. The summed E-state index contributed by atoms with van der Waals surface area (Å²) >= 11 is 0. The molecule has 0 aromatic carbocycles. The lowest BCUT2D eigenvalue weighted by Gasteiger charge is -2.20. The summed E-state index contributed by atoms with van der Waals surface area (Å²) in [5.41, 5.74) is 0. The topological polar surface area (TPSA) is 62.3 Å². The van der Waals surface area contributed by atoms with Gasteiger partial charge in [-0.3, -0.25) is 4.98 Å². The van der Waals surface area contributed by atoms with Gasteiger partial charge in [-0.2, -0.15) is 0 Å². The molecule has 0 saturated carbocycles. The normalized spacial score (nSPS) is 12.3. The summed E-state index contributed by atoms with van der Waals surface area (Å²) in [6.45, 7) is 5.20. The van der Waals surface area contributed by atoms with Gasteiger partial charge in [-0.1, -0.05) is 0 Å². The van der Waals surface area contributed by atoms with Gasteiger partial charge in [0.25, 0.3) is 0 Å². The number of aromatic nitrogens is 1. The van der Waals surface area contributed by atoms with Gasteiger partial charge in [-0.15, -0.1) is 0 Å². The zero-order valence-corrected chi connectivity index (χ0v) is 11.2. The van der Waals surface area contributed by atoms with Gasteiger partial charge in [0.1, 0.15) is 4.90 Å². The molecule has 1 heterocycles. The highest BCUT2D eigenvalue weighted by Gasteiger charge is 2.13. The van der Waals surface area contributed by atoms with Crippen molar-refractivity contribution in [1.82, 2.24) is 14.6 Å². The van der Waals surface area contributed by atoms with Gasteiger partial charge in [0, 0.05) is 31.5 Å². The quantitative estimate of drug-likeness (QED) is 0.815. The van der Waals surface area contributed by atoms with Crippen molar-refractivity contribution >= 4 is 10.0 Å². The fraction of sp³-hybridized carbons (Fsp3) is 0.545. The highest BCUT2D eigenvalue weighted by molar-refractivity contribution is 7.89. The van der Waals surface area contributed by atoms with Gasteiger partial charge >= 0.3 is 0 Å². The first kappa shape index (κ1) is 14.1. The molecule has 0 saturated heterocycles. The lowest BCUT2D eigenvalue weighted by Crippen LogP contribution is -2.36. The van der Waals surface area contributed by atoms with Crippen molar-refractivity contribution in [2.75, 3.05) is 20.1 Å². The number of hydrogen-bond acceptors (Lipinski definition) is 4. The number of nitrogens with one attached hydrogen (secondary N) is 1. The molecular weight excluding hydrogens is 238 g/mol. The molecule has 96 valence electrons. The monoisotopic (exact) mass is 257 g/mol. The molecule has 1 N–H and O–H groups in total. The summed E-state index contributed by atoms with van der Waals surface area (Å²) in [5, 5.41) is 0. The van der Waals surface area contributed by atoms with Crippen LogP contribution in [0.1, 0.15) is 13.8 Å². The van der Waals surface area contributed by atoms with E-state index in [1.807, 2.05) is 7.05 Å². The molecule has 0 unspecified atom stereocenters. The van der Waals surface area contributed by atoms with Crippen LogP contribution in [0.3, 0.4) is 0 Å². The van der Waals surface area contributed by atoms with Gasteiger partial charge < -0.3 is 4.90 Å². The third kappa shape index (κ3) is 4.41. The van der Waals surface area contributed by atoms with Crippen LogP contribution < -0.4 is 4.72 Å². The molecular formula is C11H19N3O2S. The largest absolute Gasteiger partial charge is 0.303 e. The summed E-state index contributed by atoms with van der Waals surface area (Å²) in [6.07, 6.45) is 2.89. The van der Waals surface area contributed by atoms with Gasteiger partial charge in [0.2, 0.25) is 10.0 Å². The first-order chi connectivity index (χ1) is 7.93. The van der Waals surface area contributed by atoms with Crippen LogP contribution in [-0.4, -0.2) is 44.5 Å². The molecule has 1 aromatic rings. The van der Waals surface area contributed by atoms with Crippen LogP contribution in [0.5, 0.6) is 0 Å². The number of sulfonamides is 1. The van der Waals surface area contributed by atoms with Crippen molar-refractivity contribution in [3.63, 3.8) is 0 Å². The third-order valence-corrected chi connectivity index (χ3v) is 4.03. The molecule has 0 amide bonds. The number of rotatable bonds is 6. The minimum absolute atomic E-state index is 0.201. The Morgan fingerprint density at radius 2 is 2.18 bits per heavy atom. The van der Waals surface area contributed by atoms with Crippen molar-refractivity contribution in [1.29, 1.82) is 0 Å². The lowest BCUT2D eigenvalue weighted by molar-refractivity contribution is 0.278. The van der Waals surface area contributed by atoms with E-state index < -0.39 is 10.0 Å². The standard InChI is InChI=1S/C11H19N3O2S/c1-10(2)14(3)8-7-13-17(15,16)11-5-4-6-12-9-11/h4-6,9-10,13H,7-8H2,1-3H3. The van der Waals surface area contributed by atoms with Crippen LogP contribution >= 0.6 is 0 Å². The average molecular weight is 257 g/mol. The van der Waals surface area contributed by atoms with Crippen molar-refractivity contribution in [3.05, 3.63) is 24.5 Å². The Morgan fingerprint density at radius 1 is 1.47 bits per heavy atom. The first-order valence-electron chi connectivity index (χ1n) is 5.53. The Morgan fingerprint density at radius 3 is 2.71 bits per heavy atom. The van der Waals surface area contributed by atoms with E-state index in [-0.39, 0.29) is 4.90 Å². The molecule has 0 radical (unpaired) electrons. The van der Waals surface area contributed by atoms with E-state index in [4.69, 9.17) is 0 Å². The smallest absolute Gasteiger partial charge is 0.242 e. The molecule has 0 atom stereocenters. The predicted octanol–water partition coefficient (Wildman–Crippen LogP) is 0.700. The molecule has 6 heteroatoms. The average Bonchev–Trinajstić information content (AvgIpc) is 2.29. The van der Waals surface area contributed by atoms with Crippen molar-refractivity contribution in [2.45, 2.75) is 24.8 Å². The molecule has 0 fully saturated rings. The summed E-state index contributed by atoms with van der Waals surface area (Å²) in [5.74, 6) is 0. The summed E-state index contributed by atoms with van der Waals surface area (Å²) in [4.78, 5) is 6.07. The lowest BCUT2D eigenvalue weighted by atomic mass is 10.3. The van der Waals surface area contributed by atoms with Gasteiger partial charge in [0.05, 0.1) is 0 Å². The van der Waals surface area contributed by atoms with E-state index in [2.05, 4.69) is 28.5 Å². The third-order valence-electron chi connectivity index (χ3n) is 2.58. The number of pyridine rings is 1. The maximum atomic E-state index is 11.8. The fourth-order valence-corrected chi connectivity index (χ4v) is 2.19. The zero-order valence-electron chi connectivity index (χ0n) is 10.4. The predicted molar refractivity (Wildman–Crippen MR) is 67.2 cm³/mol. The maximum absolute atomic E-state index is 11.8. The Labute approximate surface area is 103 Å². The Bertz CT molecular complexity index is 431. The molecule has 0 spiro atoms. The van der Waals surface area contributed by atoms with Gasteiger partial charge in [-0.05, 0) is 33.0 Å². The number of hydrogen-bond donors (Lipinski definition) is 1. The van der Waals surface area contributed by atoms with Crippen LogP contribution in [0.25, 0.3) is 0 Å². The number of nitrogens with zero attached hydrogens (tertiary/aromatic N) is 2. The molecule has 1 aromatic heterocycles. The molecule has 0 aliphatic heterocycles. The molecule has 0 aliphatic carbocycles. The van der Waals surface area contributed by atoms with E-state index in [0.29, 0.717) is 19.1 Å². The highest BCUT2D eigenvalue weighted by Crippen LogP contribution is 2.04. The summed E-state index contributed by atoms with van der Waals surface area (Å²) in [7, 11) is -1.46. The van der Waals surface area contributed by atoms with Crippen LogP contribution in [0, 0.1) is 0 Å². The van der Waals surface area contributed by atoms with E-state index in [1.165, 1.54) is 12.3 Å². The van der Waals surface area contributed by atoms with Crippen LogP contribution in [0.15, 0.2) is 29.4 Å². The zero-order chi connectivity index (χ0) is 12.9. The second-order valence-electron chi connectivity index (χ2n) is 4.16. The second-order valence-corrected chi connectivity index (χ2v) is 5.93. The van der Waals surface area contributed by atoms with Gasteiger partial charge in [-0.25, -0.2) is 13.1 Å². The van der Waals surface area contributed by atoms with Gasteiger partial charge in [0.15, 0.2) is 0 Å². The molecule has 0 aliphatic rings. The van der Waals surface area contributed by atoms with Crippen molar-refractivity contribution in [3.8, 4) is 0 Å². The summed E-state index contributed by atoms with van der Waals surface area (Å²) < 4.78 is 26.2. The van der Waals surface area contributed by atoms with Crippen molar-refractivity contribution < 1.29 is 8.42 Å². The van der Waals surface area contributed by atoms with Crippen LogP contribution in [-0.2, 0) is 10.0 Å². The van der Waals surface area contributed by atoms with E-state index in [9.17, 15) is 8.42 Å². The Balaban J connectivity index is 2.52. The summed E-state index contributed by atoms with van der Waals surface area (Å²) in [6, 6.07) is 3.54. The molecule has 5 nitrogen and oxygen atoms in total. The Kier molecular flexibility index (Phi) is 5.04.